The number of amides is 2. The van der Waals surface area contributed by atoms with Crippen molar-refractivity contribution in [3.8, 4) is 0 Å². The number of carbonyl (C=O) groups is 1. The summed E-state index contributed by atoms with van der Waals surface area (Å²) in [5.74, 6) is 2.38. The van der Waals surface area contributed by atoms with Gasteiger partial charge in [0.05, 0.1) is 0 Å². The largest absolute Gasteiger partial charge is 0.338 e. The van der Waals surface area contributed by atoms with Gasteiger partial charge in [-0.1, -0.05) is 30.3 Å². The molecular weight excluding hydrogens is 326 g/mol. The molecule has 2 fully saturated rings. The fourth-order valence-electron chi connectivity index (χ4n) is 3.68. The minimum atomic E-state index is 0.0582. The first-order chi connectivity index (χ1) is 12.8. The highest BCUT2D eigenvalue weighted by molar-refractivity contribution is 5.74. The summed E-state index contributed by atoms with van der Waals surface area (Å²) >= 11 is 0. The van der Waals surface area contributed by atoms with Crippen LogP contribution in [0.15, 0.2) is 36.7 Å². The molecule has 0 radical (unpaired) electrons. The van der Waals surface area contributed by atoms with Gasteiger partial charge in [-0.2, -0.15) is 0 Å². The van der Waals surface area contributed by atoms with Crippen molar-refractivity contribution in [1.82, 2.24) is 25.0 Å². The summed E-state index contributed by atoms with van der Waals surface area (Å²) in [6, 6.07) is 10.3. The summed E-state index contributed by atoms with van der Waals surface area (Å²) in [7, 11) is 0. The van der Waals surface area contributed by atoms with E-state index in [1.165, 1.54) is 18.4 Å². The van der Waals surface area contributed by atoms with Crippen LogP contribution in [0.1, 0.15) is 30.7 Å². The molecular formula is C20H27N5O. The zero-order chi connectivity index (χ0) is 17.8. The molecule has 1 aromatic heterocycles. The van der Waals surface area contributed by atoms with Crippen molar-refractivity contribution < 1.29 is 4.79 Å². The van der Waals surface area contributed by atoms with Crippen LogP contribution in [0.2, 0.25) is 0 Å². The number of hydrogen-bond donors (Lipinski definition) is 1. The maximum absolute atomic E-state index is 12.4. The molecule has 4 rings (SSSR count). The Morgan fingerprint density at radius 2 is 2.00 bits per heavy atom. The highest BCUT2D eigenvalue weighted by atomic mass is 16.2. The van der Waals surface area contributed by atoms with Crippen molar-refractivity contribution in [2.45, 2.75) is 38.6 Å². The van der Waals surface area contributed by atoms with Gasteiger partial charge in [0, 0.05) is 32.6 Å². The molecule has 1 atom stereocenters. The van der Waals surface area contributed by atoms with Gasteiger partial charge in [0.1, 0.15) is 12.2 Å². The Balaban J connectivity index is 1.22. The summed E-state index contributed by atoms with van der Waals surface area (Å²) < 4.78 is 2.21. The maximum atomic E-state index is 12.4. The first-order valence-corrected chi connectivity index (χ1v) is 9.71. The van der Waals surface area contributed by atoms with Gasteiger partial charge in [-0.3, -0.25) is 0 Å². The van der Waals surface area contributed by atoms with E-state index in [1.54, 1.807) is 0 Å². The Kier molecular flexibility index (Phi) is 5.18. The monoisotopic (exact) mass is 353 g/mol. The fourth-order valence-corrected chi connectivity index (χ4v) is 3.68. The van der Waals surface area contributed by atoms with Gasteiger partial charge in [0.15, 0.2) is 0 Å². The zero-order valence-electron chi connectivity index (χ0n) is 15.2. The lowest BCUT2D eigenvalue weighted by Crippen LogP contribution is -2.39. The van der Waals surface area contributed by atoms with Crippen LogP contribution < -0.4 is 5.32 Å². The van der Waals surface area contributed by atoms with E-state index in [2.05, 4.69) is 32.2 Å². The summed E-state index contributed by atoms with van der Waals surface area (Å²) in [6.45, 7) is 3.38. The minimum Gasteiger partial charge on any atom is -0.338 e. The van der Waals surface area contributed by atoms with Gasteiger partial charge in [-0.25, -0.2) is 4.79 Å². The first kappa shape index (κ1) is 17.1. The van der Waals surface area contributed by atoms with Crippen molar-refractivity contribution in [2.75, 3.05) is 19.6 Å². The fraction of sp³-hybridized carbons (Fsp3) is 0.550. The van der Waals surface area contributed by atoms with E-state index in [4.69, 9.17) is 0 Å². The molecule has 2 heterocycles. The number of nitrogens with one attached hydrogen (secondary N) is 1. The van der Waals surface area contributed by atoms with E-state index in [-0.39, 0.29) is 6.03 Å². The van der Waals surface area contributed by atoms with Crippen LogP contribution in [0.5, 0.6) is 0 Å². The Bertz CT molecular complexity index is 725. The number of carbonyl (C=O) groups excluding carboxylic acids is 1. The number of rotatable bonds is 7. The molecule has 138 valence electrons. The quantitative estimate of drug-likeness (QED) is 0.832. The number of benzene rings is 1. The van der Waals surface area contributed by atoms with Crippen LogP contribution in [0.3, 0.4) is 0 Å². The smallest absolute Gasteiger partial charge is 0.317 e. The van der Waals surface area contributed by atoms with Gasteiger partial charge in [-0.05, 0) is 43.1 Å². The number of aromatic nitrogens is 3. The van der Waals surface area contributed by atoms with E-state index in [1.807, 2.05) is 29.4 Å². The zero-order valence-corrected chi connectivity index (χ0v) is 15.2. The molecule has 1 aliphatic carbocycles. The molecule has 6 heteroatoms. The van der Waals surface area contributed by atoms with Crippen molar-refractivity contribution in [2.24, 2.45) is 11.8 Å². The lowest BCUT2D eigenvalue weighted by Gasteiger charge is -2.17. The third kappa shape index (κ3) is 4.42. The van der Waals surface area contributed by atoms with Crippen molar-refractivity contribution in [1.29, 1.82) is 0 Å². The topological polar surface area (TPSA) is 63.1 Å². The molecule has 1 aromatic carbocycles. The third-order valence-electron chi connectivity index (χ3n) is 5.42. The average molecular weight is 353 g/mol. The van der Waals surface area contributed by atoms with Crippen LogP contribution in [0.25, 0.3) is 0 Å². The second-order valence-corrected chi connectivity index (χ2v) is 7.62. The second kappa shape index (κ2) is 7.89. The molecule has 0 spiro atoms. The minimum absolute atomic E-state index is 0.0582. The molecule has 1 unspecified atom stereocenters. The Labute approximate surface area is 154 Å². The van der Waals surface area contributed by atoms with Crippen LogP contribution in [-0.4, -0.2) is 45.3 Å². The lowest BCUT2D eigenvalue weighted by molar-refractivity contribution is 0.207. The number of likely N-dealkylation sites (tertiary alicyclic amines) is 1. The molecule has 26 heavy (non-hydrogen) atoms. The van der Waals surface area contributed by atoms with Crippen LogP contribution in [0, 0.1) is 11.8 Å². The van der Waals surface area contributed by atoms with E-state index >= 15 is 0 Å². The van der Waals surface area contributed by atoms with Crippen molar-refractivity contribution >= 4 is 6.03 Å². The van der Waals surface area contributed by atoms with E-state index < -0.39 is 0 Å². The van der Waals surface area contributed by atoms with Crippen LogP contribution in [0.4, 0.5) is 4.79 Å². The van der Waals surface area contributed by atoms with Gasteiger partial charge < -0.3 is 14.8 Å². The SMILES string of the molecule is O=C(NCCc1ccccc1)N1CCC(Cc2nncn2CC2CC2)C1. The molecule has 1 saturated heterocycles. The van der Waals surface area contributed by atoms with Crippen LogP contribution in [-0.2, 0) is 19.4 Å². The predicted octanol–water partition coefficient (Wildman–Crippen LogP) is 2.50. The normalized spacial score (nSPS) is 19.7. The van der Waals surface area contributed by atoms with Gasteiger partial charge >= 0.3 is 6.03 Å². The molecule has 1 saturated carbocycles. The molecule has 2 amide bonds. The van der Waals surface area contributed by atoms with Crippen molar-refractivity contribution in [3.63, 3.8) is 0 Å². The summed E-state index contributed by atoms with van der Waals surface area (Å²) in [4.78, 5) is 14.3. The third-order valence-corrected chi connectivity index (χ3v) is 5.42. The Morgan fingerprint density at radius 3 is 2.81 bits per heavy atom. The second-order valence-electron chi connectivity index (χ2n) is 7.62. The lowest BCUT2D eigenvalue weighted by atomic mass is 10.0. The highest BCUT2D eigenvalue weighted by Gasteiger charge is 2.28. The van der Waals surface area contributed by atoms with Crippen molar-refractivity contribution in [3.05, 3.63) is 48.0 Å². The highest BCUT2D eigenvalue weighted by Crippen LogP contribution is 2.31. The van der Waals surface area contributed by atoms with Crippen LogP contribution >= 0.6 is 0 Å². The molecule has 2 aliphatic rings. The van der Waals surface area contributed by atoms with Gasteiger partial charge in [-0.15, -0.1) is 10.2 Å². The number of hydrogen-bond acceptors (Lipinski definition) is 3. The summed E-state index contributed by atoms with van der Waals surface area (Å²) in [5.41, 5.74) is 1.25. The first-order valence-electron chi connectivity index (χ1n) is 9.71. The van der Waals surface area contributed by atoms with Gasteiger partial charge in [0.2, 0.25) is 0 Å². The van der Waals surface area contributed by atoms with E-state index in [0.29, 0.717) is 12.5 Å². The molecule has 6 nitrogen and oxygen atoms in total. The van der Waals surface area contributed by atoms with Gasteiger partial charge in [0.25, 0.3) is 0 Å². The molecule has 1 aliphatic heterocycles. The summed E-state index contributed by atoms with van der Waals surface area (Å²) in [6.07, 6.45) is 7.35. The maximum Gasteiger partial charge on any atom is 0.317 e. The predicted molar refractivity (Wildman–Crippen MR) is 99.7 cm³/mol. The summed E-state index contributed by atoms with van der Waals surface area (Å²) in [5, 5.41) is 11.4. The molecule has 0 bridgehead atoms. The average Bonchev–Trinajstić information content (AvgIpc) is 3.17. The number of nitrogens with zero attached hydrogens (tertiary/aromatic N) is 4. The molecule has 1 N–H and O–H groups in total. The Hall–Kier alpha value is -2.37. The standard InChI is InChI=1S/C20H27N5O/c26-20(21-10-8-16-4-2-1-3-5-16)24-11-9-18(14-24)12-19-23-22-15-25(19)13-17-6-7-17/h1-5,15,17-18H,6-14H2,(H,21,26). The molecule has 2 aromatic rings. The number of urea groups is 1. The Morgan fingerprint density at radius 1 is 1.15 bits per heavy atom. The van der Waals surface area contributed by atoms with E-state index in [0.717, 1.165) is 50.6 Å². The van der Waals surface area contributed by atoms with E-state index in [9.17, 15) is 4.79 Å².